The van der Waals surface area contributed by atoms with Gasteiger partial charge in [0.15, 0.2) is 0 Å². The molecule has 1 N–H and O–H groups in total. The topological polar surface area (TPSA) is 23.5 Å². The Bertz CT molecular complexity index is 369. The molecule has 0 aromatic heterocycles. The largest absolute Gasteiger partial charge is 0.389 e. The summed E-state index contributed by atoms with van der Waals surface area (Å²) < 4.78 is 0. The van der Waals surface area contributed by atoms with Crippen molar-refractivity contribution in [3.63, 3.8) is 0 Å². The zero-order chi connectivity index (χ0) is 11.5. The van der Waals surface area contributed by atoms with Crippen LogP contribution in [-0.2, 0) is 0 Å². The van der Waals surface area contributed by atoms with Gasteiger partial charge in [0.2, 0.25) is 0 Å². The van der Waals surface area contributed by atoms with Crippen LogP contribution in [-0.4, -0.2) is 17.7 Å². The van der Waals surface area contributed by atoms with Crippen molar-refractivity contribution in [2.75, 3.05) is 11.4 Å². The highest BCUT2D eigenvalue weighted by atomic mass is 16.3. The molecule has 2 rings (SSSR count). The van der Waals surface area contributed by atoms with Crippen LogP contribution in [0.4, 0.5) is 5.69 Å². The van der Waals surface area contributed by atoms with Crippen LogP contribution in [0, 0.1) is 0 Å². The summed E-state index contributed by atoms with van der Waals surface area (Å²) in [5.74, 6) is 0. The highest BCUT2D eigenvalue weighted by Crippen LogP contribution is 2.35. The number of benzene rings is 1. The minimum atomic E-state index is -0.415. The van der Waals surface area contributed by atoms with Crippen LogP contribution >= 0.6 is 0 Å². The molecular formula is C14H19NO. The number of hydrogen-bond donors (Lipinski definition) is 1. The van der Waals surface area contributed by atoms with E-state index in [0.29, 0.717) is 6.04 Å². The maximum Gasteiger partial charge on any atom is 0.0781 e. The van der Waals surface area contributed by atoms with E-state index in [1.165, 1.54) is 12.8 Å². The van der Waals surface area contributed by atoms with Crippen molar-refractivity contribution >= 4 is 5.69 Å². The molecule has 0 unspecified atom stereocenters. The van der Waals surface area contributed by atoms with E-state index in [9.17, 15) is 5.11 Å². The Balaban J connectivity index is 2.31. The minimum Gasteiger partial charge on any atom is -0.389 e. The van der Waals surface area contributed by atoms with Gasteiger partial charge in [0, 0.05) is 23.8 Å². The molecule has 1 fully saturated rings. The van der Waals surface area contributed by atoms with Crippen molar-refractivity contribution in [2.45, 2.75) is 31.9 Å². The summed E-state index contributed by atoms with van der Waals surface area (Å²) >= 11 is 0. The normalized spacial score (nSPS) is 16.9. The van der Waals surface area contributed by atoms with Gasteiger partial charge in [-0.1, -0.05) is 24.3 Å². The molecule has 1 atom stereocenters. The number of para-hydroxylation sites is 1. The van der Waals surface area contributed by atoms with Crippen LogP contribution in [0.1, 0.15) is 31.4 Å². The molecule has 0 aliphatic heterocycles. The fraction of sp³-hybridized carbons (Fsp3) is 0.429. The van der Waals surface area contributed by atoms with E-state index in [4.69, 9.17) is 0 Å². The Kier molecular flexibility index (Phi) is 3.30. The summed E-state index contributed by atoms with van der Waals surface area (Å²) in [5.41, 5.74) is 2.16. The summed E-state index contributed by atoms with van der Waals surface area (Å²) in [6.45, 7) is 6.48. The molecule has 1 aromatic rings. The molecule has 1 aliphatic carbocycles. The Morgan fingerprint density at radius 3 is 2.75 bits per heavy atom. The number of aliphatic hydroxyl groups is 1. The molecule has 1 aromatic carbocycles. The Morgan fingerprint density at radius 1 is 1.50 bits per heavy atom. The molecule has 0 radical (unpaired) electrons. The first-order valence-electron chi connectivity index (χ1n) is 5.88. The predicted octanol–water partition coefficient (Wildman–Crippen LogP) is 2.89. The average molecular weight is 217 g/mol. The fourth-order valence-corrected chi connectivity index (χ4v) is 2.07. The van der Waals surface area contributed by atoms with Crippen molar-refractivity contribution in [1.82, 2.24) is 0 Å². The molecule has 86 valence electrons. The maximum atomic E-state index is 9.77. The van der Waals surface area contributed by atoms with Crippen molar-refractivity contribution in [3.8, 4) is 0 Å². The highest BCUT2D eigenvalue weighted by molar-refractivity contribution is 5.56. The molecule has 0 heterocycles. The standard InChI is InChI=1S/C14H19NO/c1-3-10-15(12-8-9-12)14-7-5-4-6-13(14)11(2)16/h3-7,11-12,16H,1,8-10H2,2H3/t11-/m1/s1. The smallest absolute Gasteiger partial charge is 0.0781 e. The Morgan fingerprint density at radius 2 is 2.19 bits per heavy atom. The van der Waals surface area contributed by atoms with Crippen molar-refractivity contribution in [1.29, 1.82) is 0 Å². The molecule has 2 nitrogen and oxygen atoms in total. The third-order valence-corrected chi connectivity index (χ3v) is 3.01. The lowest BCUT2D eigenvalue weighted by molar-refractivity contribution is 0.199. The summed E-state index contributed by atoms with van der Waals surface area (Å²) in [4.78, 5) is 2.34. The third kappa shape index (κ3) is 2.27. The van der Waals surface area contributed by atoms with E-state index < -0.39 is 6.10 Å². The van der Waals surface area contributed by atoms with E-state index in [0.717, 1.165) is 17.8 Å². The van der Waals surface area contributed by atoms with Gasteiger partial charge in [0.25, 0.3) is 0 Å². The van der Waals surface area contributed by atoms with Gasteiger partial charge in [0.05, 0.1) is 6.10 Å². The van der Waals surface area contributed by atoms with Gasteiger partial charge >= 0.3 is 0 Å². The van der Waals surface area contributed by atoms with Gasteiger partial charge in [-0.25, -0.2) is 0 Å². The first-order chi connectivity index (χ1) is 7.74. The van der Waals surface area contributed by atoms with Crippen LogP contribution in [0.2, 0.25) is 0 Å². The summed E-state index contributed by atoms with van der Waals surface area (Å²) in [7, 11) is 0. The number of anilines is 1. The third-order valence-electron chi connectivity index (χ3n) is 3.01. The second kappa shape index (κ2) is 4.71. The van der Waals surface area contributed by atoms with E-state index >= 15 is 0 Å². The minimum absolute atomic E-state index is 0.415. The Hall–Kier alpha value is -1.28. The van der Waals surface area contributed by atoms with Crippen molar-refractivity contribution in [2.24, 2.45) is 0 Å². The summed E-state index contributed by atoms with van der Waals surface area (Å²) in [5, 5.41) is 9.77. The lowest BCUT2D eigenvalue weighted by Gasteiger charge is -2.26. The van der Waals surface area contributed by atoms with Gasteiger partial charge in [-0.2, -0.15) is 0 Å². The molecular weight excluding hydrogens is 198 g/mol. The fourth-order valence-electron chi connectivity index (χ4n) is 2.07. The highest BCUT2D eigenvalue weighted by Gasteiger charge is 2.29. The number of rotatable bonds is 5. The first-order valence-corrected chi connectivity index (χ1v) is 5.88. The maximum absolute atomic E-state index is 9.77. The molecule has 16 heavy (non-hydrogen) atoms. The van der Waals surface area contributed by atoms with Crippen LogP contribution in [0.25, 0.3) is 0 Å². The van der Waals surface area contributed by atoms with Crippen molar-refractivity contribution < 1.29 is 5.11 Å². The lowest BCUT2D eigenvalue weighted by Crippen LogP contribution is -2.26. The molecule has 0 amide bonds. The first kappa shape index (κ1) is 11.2. The van der Waals surface area contributed by atoms with Crippen LogP contribution < -0.4 is 4.90 Å². The van der Waals surface area contributed by atoms with Gasteiger partial charge < -0.3 is 10.0 Å². The molecule has 0 spiro atoms. The molecule has 0 saturated heterocycles. The monoisotopic (exact) mass is 217 g/mol. The van der Waals surface area contributed by atoms with Gasteiger partial charge in [-0.3, -0.25) is 0 Å². The summed E-state index contributed by atoms with van der Waals surface area (Å²) in [6.07, 6.45) is 4.02. The summed E-state index contributed by atoms with van der Waals surface area (Å²) in [6, 6.07) is 8.73. The number of aliphatic hydroxyl groups excluding tert-OH is 1. The van der Waals surface area contributed by atoms with Crippen LogP contribution in [0.5, 0.6) is 0 Å². The van der Waals surface area contributed by atoms with Gasteiger partial charge in [-0.05, 0) is 25.8 Å². The SMILES string of the molecule is C=CCN(c1ccccc1[C@@H](C)O)C1CC1. The zero-order valence-electron chi connectivity index (χ0n) is 9.76. The molecule has 1 aliphatic rings. The van der Waals surface area contributed by atoms with Crippen LogP contribution in [0.3, 0.4) is 0 Å². The van der Waals surface area contributed by atoms with E-state index in [-0.39, 0.29) is 0 Å². The van der Waals surface area contributed by atoms with Gasteiger partial charge in [0.1, 0.15) is 0 Å². The molecule has 1 saturated carbocycles. The number of hydrogen-bond acceptors (Lipinski definition) is 2. The second-order valence-corrected chi connectivity index (χ2v) is 4.41. The molecule has 0 bridgehead atoms. The number of nitrogens with zero attached hydrogens (tertiary/aromatic N) is 1. The predicted molar refractivity (Wildman–Crippen MR) is 67.6 cm³/mol. The van der Waals surface area contributed by atoms with E-state index in [1.54, 1.807) is 0 Å². The Labute approximate surface area is 97.2 Å². The molecule has 2 heteroatoms. The zero-order valence-corrected chi connectivity index (χ0v) is 9.76. The second-order valence-electron chi connectivity index (χ2n) is 4.41. The van der Waals surface area contributed by atoms with E-state index in [2.05, 4.69) is 17.5 Å². The van der Waals surface area contributed by atoms with Crippen LogP contribution in [0.15, 0.2) is 36.9 Å². The van der Waals surface area contributed by atoms with E-state index in [1.807, 2.05) is 31.2 Å². The van der Waals surface area contributed by atoms with Gasteiger partial charge in [-0.15, -0.1) is 6.58 Å². The average Bonchev–Trinajstić information content (AvgIpc) is 3.10. The lowest BCUT2D eigenvalue weighted by atomic mass is 10.1. The quantitative estimate of drug-likeness (QED) is 0.767. The van der Waals surface area contributed by atoms with Crippen molar-refractivity contribution in [3.05, 3.63) is 42.5 Å².